The lowest BCUT2D eigenvalue weighted by Gasteiger charge is -2.22. The van der Waals surface area contributed by atoms with Gasteiger partial charge in [0.15, 0.2) is 11.5 Å². The van der Waals surface area contributed by atoms with Gasteiger partial charge in [-0.15, -0.1) is 0 Å². The van der Waals surface area contributed by atoms with Crippen LogP contribution in [-0.4, -0.2) is 18.3 Å². The van der Waals surface area contributed by atoms with Crippen LogP contribution in [-0.2, 0) is 0 Å². The SMILES string of the molecule is Cc1ccc(C(O)c2cc3c(cc2Br)OCCO3)cc1Cl. The third-order valence-electron chi connectivity index (χ3n) is 3.47. The third kappa shape index (κ3) is 2.89. The molecule has 0 saturated carbocycles. The van der Waals surface area contributed by atoms with Crippen LogP contribution in [0.15, 0.2) is 34.8 Å². The Kier molecular flexibility index (Phi) is 4.11. The van der Waals surface area contributed by atoms with Gasteiger partial charge >= 0.3 is 0 Å². The Morgan fingerprint density at radius 1 is 1.14 bits per heavy atom. The summed E-state index contributed by atoms with van der Waals surface area (Å²) in [6.45, 7) is 2.98. The summed E-state index contributed by atoms with van der Waals surface area (Å²) in [6, 6.07) is 9.17. The van der Waals surface area contributed by atoms with E-state index < -0.39 is 6.10 Å². The van der Waals surface area contributed by atoms with E-state index in [1.54, 1.807) is 12.1 Å². The number of ether oxygens (including phenoxy) is 2. The molecule has 0 fully saturated rings. The summed E-state index contributed by atoms with van der Waals surface area (Å²) in [7, 11) is 0. The van der Waals surface area contributed by atoms with Crippen LogP contribution in [0.1, 0.15) is 22.8 Å². The van der Waals surface area contributed by atoms with Crippen molar-refractivity contribution in [3.63, 3.8) is 0 Å². The Balaban J connectivity index is 2.00. The van der Waals surface area contributed by atoms with Crippen molar-refractivity contribution >= 4 is 27.5 Å². The first-order chi connectivity index (χ1) is 10.1. The summed E-state index contributed by atoms with van der Waals surface area (Å²) in [4.78, 5) is 0. The summed E-state index contributed by atoms with van der Waals surface area (Å²) in [5, 5.41) is 11.2. The Labute approximate surface area is 136 Å². The highest BCUT2D eigenvalue weighted by molar-refractivity contribution is 9.10. The second-order valence-corrected chi connectivity index (χ2v) is 6.19. The first kappa shape index (κ1) is 14.7. The van der Waals surface area contributed by atoms with Crippen LogP contribution in [0.25, 0.3) is 0 Å². The van der Waals surface area contributed by atoms with E-state index in [0.29, 0.717) is 29.7 Å². The van der Waals surface area contributed by atoms with Crippen molar-refractivity contribution in [2.75, 3.05) is 13.2 Å². The number of benzene rings is 2. The number of aliphatic hydroxyl groups is 1. The number of rotatable bonds is 2. The van der Waals surface area contributed by atoms with E-state index in [0.717, 1.165) is 21.2 Å². The quantitative estimate of drug-likeness (QED) is 0.859. The van der Waals surface area contributed by atoms with Crippen molar-refractivity contribution in [2.45, 2.75) is 13.0 Å². The predicted molar refractivity (Wildman–Crippen MR) is 85.4 cm³/mol. The first-order valence-corrected chi connectivity index (χ1v) is 7.76. The van der Waals surface area contributed by atoms with Gasteiger partial charge < -0.3 is 14.6 Å². The van der Waals surface area contributed by atoms with E-state index in [1.807, 2.05) is 25.1 Å². The monoisotopic (exact) mass is 368 g/mol. The van der Waals surface area contributed by atoms with E-state index in [1.165, 1.54) is 0 Å². The van der Waals surface area contributed by atoms with Gasteiger partial charge in [0.05, 0.1) is 0 Å². The molecule has 0 aromatic heterocycles. The van der Waals surface area contributed by atoms with Crippen molar-refractivity contribution in [2.24, 2.45) is 0 Å². The van der Waals surface area contributed by atoms with Crippen LogP contribution < -0.4 is 9.47 Å². The van der Waals surface area contributed by atoms with Gasteiger partial charge in [-0.3, -0.25) is 0 Å². The molecule has 2 aromatic carbocycles. The highest BCUT2D eigenvalue weighted by Gasteiger charge is 2.20. The Bertz CT molecular complexity index is 687. The molecule has 0 saturated heterocycles. The standard InChI is InChI=1S/C16H14BrClO3/c1-9-2-3-10(6-13(9)18)16(19)11-7-14-15(8-12(11)17)21-5-4-20-14/h2-3,6-8,16,19H,4-5H2,1H3. The van der Waals surface area contributed by atoms with Crippen LogP contribution in [0.4, 0.5) is 0 Å². The number of fused-ring (bicyclic) bond motifs is 1. The van der Waals surface area contributed by atoms with Gasteiger partial charge in [-0.1, -0.05) is 39.7 Å². The normalized spacial score (nSPS) is 14.9. The average Bonchev–Trinajstić information content (AvgIpc) is 2.48. The molecule has 0 radical (unpaired) electrons. The Morgan fingerprint density at radius 2 is 1.81 bits per heavy atom. The molecule has 0 aliphatic carbocycles. The molecule has 21 heavy (non-hydrogen) atoms. The minimum atomic E-state index is -0.784. The summed E-state index contributed by atoms with van der Waals surface area (Å²) in [5.74, 6) is 1.34. The highest BCUT2D eigenvalue weighted by Crippen LogP contribution is 2.39. The fraction of sp³-hybridized carbons (Fsp3) is 0.250. The van der Waals surface area contributed by atoms with E-state index in [-0.39, 0.29) is 0 Å². The smallest absolute Gasteiger partial charge is 0.162 e. The number of halogens is 2. The lowest BCUT2D eigenvalue weighted by atomic mass is 10.00. The molecule has 1 atom stereocenters. The zero-order valence-electron chi connectivity index (χ0n) is 11.4. The molecule has 3 nitrogen and oxygen atoms in total. The maximum absolute atomic E-state index is 10.6. The van der Waals surface area contributed by atoms with Crippen LogP contribution >= 0.6 is 27.5 Å². The van der Waals surface area contributed by atoms with E-state index >= 15 is 0 Å². The second kappa shape index (κ2) is 5.87. The van der Waals surface area contributed by atoms with Gasteiger partial charge in [-0.25, -0.2) is 0 Å². The Hall–Kier alpha value is -1.23. The lowest BCUT2D eigenvalue weighted by molar-refractivity contribution is 0.169. The van der Waals surface area contributed by atoms with Crippen molar-refractivity contribution < 1.29 is 14.6 Å². The molecular weight excluding hydrogens is 356 g/mol. The summed E-state index contributed by atoms with van der Waals surface area (Å²) < 4.78 is 11.9. The number of aliphatic hydroxyl groups excluding tert-OH is 1. The topological polar surface area (TPSA) is 38.7 Å². The van der Waals surface area contributed by atoms with Gasteiger partial charge in [0.1, 0.15) is 19.3 Å². The highest BCUT2D eigenvalue weighted by atomic mass is 79.9. The molecule has 0 amide bonds. The molecule has 2 aromatic rings. The fourth-order valence-corrected chi connectivity index (χ4v) is 2.98. The van der Waals surface area contributed by atoms with Crippen LogP contribution in [0.5, 0.6) is 11.5 Å². The summed E-state index contributed by atoms with van der Waals surface area (Å²) in [5.41, 5.74) is 2.44. The maximum atomic E-state index is 10.6. The summed E-state index contributed by atoms with van der Waals surface area (Å²) >= 11 is 9.61. The Morgan fingerprint density at radius 3 is 2.48 bits per heavy atom. The van der Waals surface area contributed by atoms with Crippen LogP contribution in [0.2, 0.25) is 5.02 Å². The van der Waals surface area contributed by atoms with Gasteiger partial charge in [0.2, 0.25) is 0 Å². The van der Waals surface area contributed by atoms with Gasteiger partial charge in [-0.2, -0.15) is 0 Å². The molecule has 1 aliphatic rings. The van der Waals surface area contributed by atoms with Crippen LogP contribution in [0, 0.1) is 6.92 Å². The van der Waals surface area contributed by atoms with Crippen molar-refractivity contribution in [3.05, 3.63) is 56.5 Å². The van der Waals surface area contributed by atoms with Gasteiger partial charge in [0.25, 0.3) is 0 Å². The first-order valence-electron chi connectivity index (χ1n) is 6.59. The summed E-state index contributed by atoms with van der Waals surface area (Å²) in [6.07, 6.45) is -0.784. The van der Waals surface area contributed by atoms with Gasteiger partial charge in [-0.05, 0) is 36.2 Å². The molecular formula is C16H14BrClO3. The largest absolute Gasteiger partial charge is 0.486 e. The fourth-order valence-electron chi connectivity index (χ4n) is 2.25. The van der Waals surface area contributed by atoms with Crippen molar-refractivity contribution in [1.29, 1.82) is 0 Å². The molecule has 5 heteroatoms. The van der Waals surface area contributed by atoms with Crippen molar-refractivity contribution in [1.82, 2.24) is 0 Å². The van der Waals surface area contributed by atoms with Crippen LogP contribution in [0.3, 0.4) is 0 Å². The number of hydrogen-bond acceptors (Lipinski definition) is 3. The van der Waals surface area contributed by atoms with E-state index in [9.17, 15) is 5.11 Å². The minimum Gasteiger partial charge on any atom is -0.486 e. The maximum Gasteiger partial charge on any atom is 0.162 e. The van der Waals surface area contributed by atoms with E-state index in [2.05, 4.69) is 15.9 Å². The van der Waals surface area contributed by atoms with E-state index in [4.69, 9.17) is 21.1 Å². The zero-order valence-corrected chi connectivity index (χ0v) is 13.7. The molecule has 3 rings (SSSR count). The van der Waals surface area contributed by atoms with Gasteiger partial charge in [0, 0.05) is 15.1 Å². The third-order valence-corrected chi connectivity index (χ3v) is 4.56. The second-order valence-electron chi connectivity index (χ2n) is 4.93. The number of hydrogen-bond donors (Lipinski definition) is 1. The lowest BCUT2D eigenvalue weighted by Crippen LogP contribution is -2.16. The molecule has 0 spiro atoms. The molecule has 1 aliphatic heterocycles. The average molecular weight is 370 g/mol. The van der Waals surface area contributed by atoms with Crippen molar-refractivity contribution in [3.8, 4) is 11.5 Å². The molecule has 1 unspecified atom stereocenters. The molecule has 1 N–H and O–H groups in total. The molecule has 1 heterocycles. The number of aryl methyl sites for hydroxylation is 1. The molecule has 110 valence electrons. The predicted octanol–water partition coefficient (Wildman–Crippen LogP) is 4.26. The zero-order chi connectivity index (χ0) is 15.0. The molecule has 0 bridgehead atoms. The minimum absolute atomic E-state index is 0.514.